The highest BCUT2D eigenvalue weighted by Crippen LogP contribution is 2.29. The summed E-state index contributed by atoms with van der Waals surface area (Å²) in [6.45, 7) is 6.43. The molecule has 0 saturated carbocycles. The van der Waals surface area contributed by atoms with Gasteiger partial charge in [0, 0.05) is 18.2 Å². The first-order valence-corrected chi connectivity index (χ1v) is 6.21. The van der Waals surface area contributed by atoms with E-state index in [2.05, 4.69) is 40.2 Å². The molecule has 3 rings (SSSR count). The van der Waals surface area contributed by atoms with Gasteiger partial charge in [-0.1, -0.05) is 6.92 Å². The Morgan fingerprint density at radius 2 is 2.29 bits per heavy atom. The summed E-state index contributed by atoms with van der Waals surface area (Å²) in [5.41, 5.74) is 3.16. The topological polar surface area (TPSA) is 53.6 Å². The van der Waals surface area contributed by atoms with E-state index in [0.29, 0.717) is 0 Å². The summed E-state index contributed by atoms with van der Waals surface area (Å²) < 4.78 is 0. The number of pyridine rings is 1. The van der Waals surface area contributed by atoms with Crippen LogP contribution in [-0.4, -0.2) is 28.0 Å². The monoisotopic (exact) mass is 230 g/mol. The van der Waals surface area contributed by atoms with Crippen LogP contribution in [0.3, 0.4) is 0 Å². The molecule has 2 N–H and O–H groups in total. The van der Waals surface area contributed by atoms with Gasteiger partial charge in [0.15, 0.2) is 5.65 Å². The van der Waals surface area contributed by atoms with Crippen molar-refractivity contribution in [1.29, 1.82) is 0 Å². The van der Waals surface area contributed by atoms with Gasteiger partial charge in [0.2, 0.25) is 0 Å². The van der Waals surface area contributed by atoms with Crippen molar-refractivity contribution in [3.8, 4) is 0 Å². The zero-order chi connectivity index (χ0) is 11.9. The summed E-state index contributed by atoms with van der Waals surface area (Å²) in [4.78, 5) is 12.4. The van der Waals surface area contributed by atoms with Gasteiger partial charge < -0.3 is 10.3 Å². The van der Waals surface area contributed by atoms with Gasteiger partial charge in [0.05, 0.1) is 5.52 Å². The minimum absolute atomic E-state index is 0.118. The zero-order valence-electron chi connectivity index (χ0n) is 10.4. The van der Waals surface area contributed by atoms with Crippen LogP contribution in [0.25, 0.3) is 11.2 Å². The average Bonchev–Trinajstić information content (AvgIpc) is 2.73. The molecule has 1 saturated heterocycles. The highest BCUT2D eigenvalue weighted by Gasteiger charge is 2.31. The fourth-order valence-electron chi connectivity index (χ4n) is 2.55. The fourth-order valence-corrected chi connectivity index (χ4v) is 2.55. The van der Waals surface area contributed by atoms with E-state index in [9.17, 15) is 0 Å². The highest BCUT2D eigenvalue weighted by molar-refractivity contribution is 5.71. The molecule has 4 nitrogen and oxygen atoms in total. The Bertz CT molecular complexity index is 537. The molecule has 1 unspecified atom stereocenters. The third-order valence-corrected chi connectivity index (χ3v) is 3.64. The summed E-state index contributed by atoms with van der Waals surface area (Å²) in [6.07, 6.45) is 4.26. The first kappa shape index (κ1) is 10.7. The molecule has 0 aliphatic carbocycles. The second-order valence-corrected chi connectivity index (χ2v) is 5.31. The second-order valence-electron chi connectivity index (χ2n) is 5.31. The third kappa shape index (κ3) is 1.82. The van der Waals surface area contributed by atoms with Crippen LogP contribution in [0.1, 0.15) is 31.2 Å². The lowest BCUT2D eigenvalue weighted by molar-refractivity contribution is 0.326. The maximum Gasteiger partial charge on any atom is 0.177 e. The van der Waals surface area contributed by atoms with E-state index < -0.39 is 0 Å². The number of rotatable bonds is 1. The van der Waals surface area contributed by atoms with Crippen LogP contribution >= 0.6 is 0 Å². The Kier molecular flexibility index (Phi) is 2.40. The van der Waals surface area contributed by atoms with Gasteiger partial charge in [-0.2, -0.15) is 0 Å². The molecule has 90 valence electrons. The maximum absolute atomic E-state index is 4.64. The second kappa shape index (κ2) is 3.81. The van der Waals surface area contributed by atoms with Crippen molar-refractivity contribution in [2.24, 2.45) is 0 Å². The minimum atomic E-state index is 0.118. The Balaban J connectivity index is 2.05. The summed E-state index contributed by atoms with van der Waals surface area (Å²) in [7, 11) is 0. The molecule has 1 aliphatic rings. The van der Waals surface area contributed by atoms with E-state index in [4.69, 9.17) is 0 Å². The van der Waals surface area contributed by atoms with Crippen molar-refractivity contribution < 1.29 is 0 Å². The number of H-pyrrole nitrogens is 1. The van der Waals surface area contributed by atoms with Gasteiger partial charge in [-0.25, -0.2) is 9.97 Å². The highest BCUT2D eigenvalue weighted by atomic mass is 15.0. The van der Waals surface area contributed by atoms with Gasteiger partial charge >= 0.3 is 0 Å². The Hall–Kier alpha value is -1.42. The number of aryl methyl sites for hydroxylation is 1. The Morgan fingerprint density at radius 1 is 1.41 bits per heavy atom. The van der Waals surface area contributed by atoms with Crippen LogP contribution in [0.2, 0.25) is 0 Å². The van der Waals surface area contributed by atoms with Gasteiger partial charge in [-0.3, -0.25) is 0 Å². The molecule has 1 atom stereocenters. The predicted octanol–water partition coefficient (Wildman–Crippen LogP) is 1.91. The normalized spacial score (nSPS) is 25.3. The van der Waals surface area contributed by atoms with Gasteiger partial charge in [0.1, 0.15) is 5.82 Å². The molecule has 0 spiro atoms. The lowest BCUT2D eigenvalue weighted by Gasteiger charge is -2.32. The number of hydrogen-bond acceptors (Lipinski definition) is 3. The van der Waals surface area contributed by atoms with Gasteiger partial charge in [0.25, 0.3) is 0 Å². The summed E-state index contributed by atoms with van der Waals surface area (Å²) in [5, 5.41) is 3.45. The van der Waals surface area contributed by atoms with Crippen LogP contribution < -0.4 is 5.32 Å². The van der Waals surface area contributed by atoms with Crippen LogP contribution in [0, 0.1) is 6.92 Å². The van der Waals surface area contributed by atoms with Crippen molar-refractivity contribution in [3.05, 3.63) is 23.7 Å². The van der Waals surface area contributed by atoms with E-state index in [1.807, 2.05) is 6.20 Å². The first-order valence-electron chi connectivity index (χ1n) is 6.21. The minimum Gasteiger partial charge on any atom is -0.340 e. The maximum atomic E-state index is 4.64. The van der Waals surface area contributed by atoms with E-state index in [1.165, 1.54) is 18.4 Å². The lowest BCUT2D eigenvalue weighted by atomic mass is 9.82. The summed E-state index contributed by atoms with van der Waals surface area (Å²) in [6, 6.07) is 2.11. The van der Waals surface area contributed by atoms with E-state index in [1.54, 1.807) is 0 Å². The van der Waals surface area contributed by atoms with Gasteiger partial charge in [-0.05, 0) is 37.9 Å². The number of nitrogens with one attached hydrogen (secondary N) is 2. The molecule has 1 fully saturated rings. The smallest absolute Gasteiger partial charge is 0.177 e. The molecule has 0 amide bonds. The lowest BCUT2D eigenvalue weighted by Crippen LogP contribution is -2.41. The molecule has 3 heterocycles. The predicted molar refractivity (Wildman–Crippen MR) is 68.1 cm³/mol. The fraction of sp³-hybridized carbons (Fsp3) is 0.538. The SMILES string of the molecule is Cc1cnc2nc(C3(C)CCCNC3)[nH]c2c1. The molecule has 17 heavy (non-hydrogen) atoms. The number of hydrogen-bond donors (Lipinski definition) is 2. The number of aromatic amines is 1. The molecule has 0 aromatic carbocycles. The van der Waals surface area contributed by atoms with Gasteiger partial charge in [-0.15, -0.1) is 0 Å². The van der Waals surface area contributed by atoms with Crippen molar-refractivity contribution >= 4 is 11.2 Å². The third-order valence-electron chi connectivity index (χ3n) is 3.64. The van der Waals surface area contributed by atoms with Crippen LogP contribution in [0.5, 0.6) is 0 Å². The van der Waals surface area contributed by atoms with Crippen LogP contribution in [0.4, 0.5) is 0 Å². The van der Waals surface area contributed by atoms with E-state index in [0.717, 1.165) is 30.1 Å². The quantitative estimate of drug-likeness (QED) is 0.786. The Morgan fingerprint density at radius 3 is 3.06 bits per heavy atom. The molecular weight excluding hydrogens is 212 g/mol. The largest absolute Gasteiger partial charge is 0.340 e. The average molecular weight is 230 g/mol. The molecular formula is C13H18N4. The number of imidazole rings is 1. The summed E-state index contributed by atoms with van der Waals surface area (Å²) >= 11 is 0. The van der Waals surface area contributed by atoms with Crippen molar-refractivity contribution in [3.63, 3.8) is 0 Å². The molecule has 1 aliphatic heterocycles. The molecule has 0 radical (unpaired) electrons. The van der Waals surface area contributed by atoms with Crippen molar-refractivity contribution in [2.75, 3.05) is 13.1 Å². The zero-order valence-corrected chi connectivity index (χ0v) is 10.4. The van der Waals surface area contributed by atoms with Crippen molar-refractivity contribution in [1.82, 2.24) is 20.3 Å². The standard InChI is InChI=1S/C13H18N4/c1-9-6-10-11(15-7-9)17-12(16-10)13(2)4-3-5-14-8-13/h6-7,14H,3-5,8H2,1-2H3,(H,15,16,17). The number of fused-ring (bicyclic) bond motifs is 1. The molecule has 2 aromatic rings. The number of nitrogens with zero attached hydrogens (tertiary/aromatic N) is 2. The first-order chi connectivity index (χ1) is 8.17. The van der Waals surface area contributed by atoms with Crippen LogP contribution in [-0.2, 0) is 5.41 Å². The number of piperidine rings is 1. The van der Waals surface area contributed by atoms with E-state index >= 15 is 0 Å². The van der Waals surface area contributed by atoms with Crippen LogP contribution in [0.15, 0.2) is 12.3 Å². The molecule has 0 bridgehead atoms. The van der Waals surface area contributed by atoms with E-state index in [-0.39, 0.29) is 5.41 Å². The Labute approximate surface area is 101 Å². The molecule has 2 aromatic heterocycles. The molecule has 4 heteroatoms. The number of aromatic nitrogens is 3. The van der Waals surface area contributed by atoms with Crippen molar-refractivity contribution in [2.45, 2.75) is 32.1 Å². The summed E-state index contributed by atoms with van der Waals surface area (Å²) in [5.74, 6) is 1.07.